The zero-order valence-electron chi connectivity index (χ0n) is 19.4. The summed E-state index contributed by atoms with van der Waals surface area (Å²) in [5, 5.41) is 29.5. The van der Waals surface area contributed by atoms with E-state index in [1.54, 1.807) is 12.1 Å². The van der Waals surface area contributed by atoms with Crippen molar-refractivity contribution in [1.82, 2.24) is 10.7 Å². The Balaban J connectivity index is 1.77. The van der Waals surface area contributed by atoms with Gasteiger partial charge in [-0.2, -0.15) is 16.9 Å². The van der Waals surface area contributed by atoms with Crippen molar-refractivity contribution in [1.29, 1.82) is 0 Å². The zero-order chi connectivity index (χ0) is 27.7. The lowest BCUT2D eigenvalue weighted by Crippen LogP contribution is -2.47. The van der Waals surface area contributed by atoms with Crippen LogP contribution in [-0.2, 0) is 10.5 Å². The number of halogens is 2. The van der Waals surface area contributed by atoms with Crippen molar-refractivity contribution in [2.45, 2.75) is 11.8 Å². The normalized spacial score (nSPS) is 11.6. The van der Waals surface area contributed by atoms with Crippen LogP contribution in [0.2, 0.25) is 10.0 Å². The number of carbonyl (C=O) groups excluding carboxylic acids is 2. The average Bonchev–Trinajstić information content (AvgIpc) is 2.89. The summed E-state index contributed by atoms with van der Waals surface area (Å²) in [7, 11) is 0. The van der Waals surface area contributed by atoms with Crippen LogP contribution >= 0.6 is 35.0 Å². The number of carbonyl (C=O) groups is 2. The van der Waals surface area contributed by atoms with Gasteiger partial charge in [-0.25, -0.2) is 5.43 Å². The number of rotatable bonds is 11. The fraction of sp³-hybridized carbons (Fsp3) is 0.125. The van der Waals surface area contributed by atoms with Gasteiger partial charge in [-0.15, -0.1) is 0 Å². The van der Waals surface area contributed by atoms with Crippen LogP contribution < -0.4 is 10.7 Å². The number of hydrazone groups is 1. The Hall–Kier alpha value is -4.00. The average molecular weight is 576 g/mol. The quantitative estimate of drug-likeness (QED) is 0.185. The van der Waals surface area contributed by atoms with Gasteiger partial charge in [0.05, 0.1) is 32.7 Å². The maximum atomic E-state index is 12.9. The molecule has 196 valence electrons. The molecule has 0 aliphatic rings. The predicted octanol–water partition coefficient (Wildman–Crippen LogP) is 4.99. The first-order chi connectivity index (χ1) is 18.1. The van der Waals surface area contributed by atoms with Gasteiger partial charge in [-0.1, -0.05) is 59.6 Å². The van der Waals surface area contributed by atoms with Crippen LogP contribution in [0.3, 0.4) is 0 Å². The highest BCUT2D eigenvalue weighted by Crippen LogP contribution is 2.23. The molecule has 2 N–H and O–H groups in total. The lowest BCUT2D eigenvalue weighted by Gasteiger charge is -2.17. The van der Waals surface area contributed by atoms with E-state index in [-0.39, 0.29) is 11.3 Å². The van der Waals surface area contributed by atoms with Gasteiger partial charge in [0, 0.05) is 34.2 Å². The summed E-state index contributed by atoms with van der Waals surface area (Å²) in [6, 6.07) is 15.5. The van der Waals surface area contributed by atoms with Crippen LogP contribution in [0.5, 0.6) is 0 Å². The molecule has 1 atom stereocenters. The van der Waals surface area contributed by atoms with E-state index in [1.807, 2.05) is 30.3 Å². The molecule has 3 rings (SSSR count). The standard InChI is InChI=1S/C24H19Cl2N5O6S/c25-18-7-6-16(21(26)10-18)12-27-29-24(33)22(14-38-13-15-4-2-1-3-5-15)28-23(32)17-8-19(30(34)35)11-20(9-17)31(36)37/h1-12,22H,13-14H2,(H,28,32)(H,29,33)/b27-12-/t22-/m1/s1. The Morgan fingerprint density at radius 3 is 2.24 bits per heavy atom. The highest BCUT2D eigenvalue weighted by molar-refractivity contribution is 7.98. The minimum Gasteiger partial charge on any atom is -0.339 e. The van der Waals surface area contributed by atoms with Gasteiger partial charge >= 0.3 is 0 Å². The Bertz CT molecular complexity index is 1360. The van der Waals surface area contributed by atoms with E-state index in [1.165, 1.54) is 24.0 Å². The number of nitrogens with one attached hydrogen (secondary N) is 2. The molecule has 0 bridgehead atoms. The number of benzene rings is 3. The summed E-state index contributed by atoms with van der Waals surface area (Å²) in [6.45, 7) is 0. The summed E-state index contributed by atoms with van der Waals surface area (Å²) < 4.78 is 0. The number of nitrogens with zero attached hydrogens (tertiary/aromatic N) is 3. The monoisotopic (exact) mass is 575 g/mol. The molecule has 0 saturated carbocycles. The van der Waals surface area contributed by atoms with E-state index in [0.717, 1.165) is 23.8 Å². The summed E-state index contributed by atoms with van der Waals surface area (Å²) in [6.07, 6.45) is 1.30. The second-order valence-corrected chi connectivity index (χ2v) is 9.55. The fourth-order valence-electron chi connectivity index (χ4n) is 3.08. The van der Waals surface area contributed by atoms with Crippen molar-refractivity contribution >= 4 is 64.4 Å². The number of hydrogen-bond acceptors (Lipinski definition) is 8. The molecule has 0 heterocycles. The zero-order valence-corrected chi connectivity index (χ0v) is 21.7. The Morgan fingerprint density at radius 1 is 0.974 bits per heavy atom. The van der Waals surface area contributed by atoms with Crippen molar-refractivity contribution in [2.75, 3.05) is 5.75 Å². The highest BCUT2D eigenvalue weighted by atomic mass is 35.5. The summed E-state index contributed by atoms with van der Waals surface area (Å²) in [5.74, 6) is -0.935. The van der Waals surface area contributed by atoms with Crippen LogP contribution in [0.25, 0.3) is 0 Å². The van der Waals surface area contributed by atoms with E-state index in [2.05, 4.69) is 15.8 Å². The van der Waals surface area contributed by atoms with Gasteiger partial charge in [0.15, 0.2) is 0 Å². The van der Waals surface area contributed by atoms with E-state index in [9.17, 15) is 29.8 Å². The second-order valence-electron chi connectivity index (χ2n) is 7.68. The van der Waals surface area contributed by atoms with E-state index >= 15 is 0 Å². The summed E-state index contributed by atoms with van der Waals surface area (Å²) in [4.78, 5) is 46.5. The Labute approximate surface area is 230 Å². The number of thioether (sulfide) groups is 1. The fourth-order valence-corrected chi connectivity index (χ4v) is 4.55. The largest absolute Gasteiger partial charge is 0.339 e. The Kier molecular flexibility index (Phi) is 10.2. The van der Waals surface area contributed by atoms with E-state index < -0.39 is 39.1 Å². The molecule has 3 aromatic carbocycles. The number of hydrogen-bond donors (Lipinski definition) is 2. The number of nitro benzene ring substituents is 2. The van der Waals surface area contributed by atoms with Crippen LogP contribution in [0, 0.1) is 20.2 Å². The first-order valence-electron chi connectivity index (χ1n) is 10.8. The molecule has 0 aliphatic carbocycles. The molecule has 0 aliphatic heterocycles. The molecular formula is C24H19Cl2N5O6S. The van der Waals surface area contributed by atoms with Gasteiger partial charge in [0.2, 0.25) is 0 Å². The molecule has 0 fully saturated rings. The molecule has 0 aromatic heterocycles. The van der Waals surface area contributed by atoms with Crippen molar-refractivity contribution in [3.63, 3.8) is 0 Å². The third-order valence-electron chi connectivity index (χ3n) is 4.95. The lowest BCUT2D eigenvalue weighted by atomic mass is 10.1. The van der Waals surface area contributed by atoms with Gasteiger partial charge in [0.1, 0.15) is 6.04 Å². The second kappa shape index (κ2) is 13.5. The Morgan fingerprint density at radius 2 is 1.63 bits per heavy atom. The molecular weight excluding hydrogens is 557 g/mol. The maximum absolute atomic E-state index is 12.9. The summed E-state index contributed by atoms with van der Waals surface area (Å²) >= 11 is 13.3. The third-order valence-corrected chi connectivity index (χ3v) is 6.61. The molecule has 11 nitrogen and oxygen atoms in total. The number of amides is 2. The van der Waals surface area contributed by atoms with Crippen molar-refractivity contribution in [3.8, 4) is 0 Å². The first-order valence-corrected chi connectivity index (χ1v) is 12.7. The van der Waals surface area contributed by atoms with Crippen LogP contribution in [-0.4, -0.2) is 39.7 Å². The minimum atomic E-state index is -1.13. The van der Waals surface area contributed by atoms with Gasteiger partial charge in [0.25, 0.3) is 23.2 Å². The number of nitro groups is 2. The van der Waals surface area contributed by atoms with Gasteiger partial charge < -0.3 is 5.32 Å². The molecule has 2 amide bonds. The minimum absolute atomic E-state index is 0.112. The molecule has 0 radical (unpaired) electrons. The maximum Gasteiger partial charge on any atom is 0.277 e. The molecule has 14 heteroatoms. The highest BCUT2D eigenvalue weighted by Gasteiger charge is 2.25. The predicted molar refractivity (Wildman–Crippen MR) is 146 cm³/mol. The molecule has 3 aromatic rings. The topological polar surface area (TPSA) is 157 Å². The van der Waals surface area contributed by atoms with Crippen LogP contribution in [0.15, 0.2) is 71.8 Å². The third kappa shape index (κ3) is 8.26. The van der Waals surface area contributed by atoms with Crippen molar-refractivity contribution in [2.24, 2.45) is 5.10 Å². The SMILES string of the molecule is O=C(N[C@H](CSCc1ccccc1)C(=O)N/N=C\c1ccc(Cl)cc1Cl)c1cc([N+](=O)[O-])cc([N+](=O)[O-])c1. The first kappa shape index (κ1) is 28.6. The lowest BCUT2D eigenvalue weighted by molar-refractivity contribution is -0.394. The molecule has 0 spiro atoms. The molecule has 0 saturated heterocycles. The van der Waals surface area contributed by atoms with E-state index in [4.69, 9.17) is 23.2 Å². The number of non-ortho nitro benzene ring substituents is 2. The smallest absolute Gasteiger partial charge is 0.277 e. The molecule has 0 unspecified atom stereocenters. The van der Waals surface area contributed by atoms with Crippen molar-refractivity contribution in [3.05, 3.63) is 114 Å². The summed E-state index contributed by atoms with van der Waals surface area (Å²) in [5.41, 5.74) is 2.21. The van der Waals surface area contributed by atoms with Crippen molar-refractivity contribution < 1.29 is 19.4 Å². The van der Waals surface area contributed by atoms with Crippen LogP contribution in [0.1, 0.15) is 21.5 Å². The van der Waals surface area contributed by atoms with E-state index in [0.29, 0.717) is 21.4 Å². The van der Waals surface area contributed by atoms with Gasteiger partial charge in [-0.3, -0.25) is 29.8 Å². The molecule has 38 heavy (non-hydrogen) atoms. The van der Waals surface area contributed by atoms with Gasteiger partial charge in [-0.05, 0) is 17.7 Å². The van der Waals surface area contributed by atoms with Crippen LogP contribution in [0.4, 0.5) is 11.4 Å².